The number of nitrogens with two attached hydrogens (primary N) is 1. The second-order valence-corrected chi connectivity index (χ2v) is 5.76. The van der Waals surface area contributed by atoms with Gasteiger partial charge in [-0.3, -0.25) is 9.69 Å². The molecule has 0 aromatic carbocycles. The normalized spacial score (nSPS) is 24.0. The number of carbonyl (C=O) groups is 1. The number of aromatic nitrogens is 1. The zero-order valence-corrected chi connectivity index (χ0v) is 11.8. The zero-order chi connectivity index (χ0) is 13.9. The van der Waals surface area contributed by atoms with Crippen molar-refractivity contribution < 1.29 is 4.79 Å². The number of nitrogens with zero attached hydrogens (tertiary/aromatic N) is 3. The van der Waals surface area contributed by atoms with Crippen LogP contribution in [0.3, 0.4) is 0 Å². The van der Waals surface area contributed by atoms with Crippen molar-refractivity contribution >= 4 is 11.7 Å². The van der Waals surface area contributed by atoms with E-state index in [1.807, 2.05) is 4.90 Å². The van der Waals surface area contributed by atoms with Crippen molar-refractivity contribution in [2.45, 2.75) is 31.7 Å². The van der Waals surface area contributed by atoms with Gasteiger partial charge in [0.15, 0.2) is 0 Å². The molecule has 2 N–H and O–H groups in total. The van der Waals surface area contributed by atoms with Crippen LogP contribution < -0.4 is 5.73 Å². The van der Waals surface area contributed by atoms with Crippen molar-refractivity contribution in [3.8, 4) is 0 Å². The molecule has 0 aliphatic carbocycles. The number of anilines is 1. The summed E-state index contributed by atoms with van der Waals surface area (Å²) in [5.41, 5.74) is 6.30. The lowest BCUT2D eigenvalue weighted by molar-refractivity contribution is 0.0771. The van der Waals surface area contributed by atoms with E-state index >= 15 is 0 Å². The molecule has 1 aromatic heterocycles. The first-order valence-corrected chi connectivity index (χ1v) is 7.49. The molecule has 0 saturated carbocycles. The molecule has 1 amide bonds. The summed E-state index contributed by atoms with van der Waals surface area (Å²) >= 11 is 0. The van der Waals surface area contributed by atoms with Gasteiger partial charge in [0, 0.05) is 30.9 Å². The van der Waals surface area contributed by atoms with Gasteiger partial charge in [0.05, 0.1) is 0 Å². The third-order valence-corrected chi connectivity index (χ3v) is 4.39. The van der Waals surface area contributed by atoms with Gasteiger partial charge in [-0.2, -0.15) is 0 Å². The predicted molar refractivity (Wildman–Crippen MR) is 78.4 cm³/mol. The highest BCUT2D eigenvalue weighted by molar-refractivity contribution is 5.94. The quantitative estimate of drug-likeness (QED) is 0.884. The van der Waals surface area contributed by atoms with Crippen LogP contribution in [0, 0.1) is 0 Å². The molecule has 1 atom stereocenters. The molecule has 2 aliphatic heterocycles. The molecular weight excluding hydrogens is 252 g/mol. The van der Waals surface area contributed by atoms with E-state index in [-0.39, 0.29) is 5.91 Å². The Hall–Kier alpha value is -1.62. The molecule has 2 saturated heterocycles. The van der Waals surface area contributed by atoms with E-state index in [0.717, 1.165) is 19.5 Å². The van der Waals surface area contributed by atoms with E-state index in [0.29, 0.717) is 17.4 Å². The van der Waals surface area contributed by atoms with Gasteiger partial charge in [0.2, 0.25) is 0 Å². The van der Waals surface area contributed by atoms with Crippen LogP contribution in [0.5, 0.6) is 0 Å². The maximum atomic E-state index is 12.5. The van der Waals surface area contributed by atoms with E-state index in [1.165, 1.54) is 32.4 Å². The van der Waals surface area contributed by atoms with Crippen molar-refractivity contribution in [3.05, 3.63) is 23.9 Å². The van der Waals surface area contributed by atoms with E-state index in [1.54, 1.807) is 18.3 Å². The van der Waals surface area contributed by atoms with Crippen LogP contribution >= 0.6 is 0 Å². The molecule has 3 heterocycles. The number of nitrogen functional groups attached to an aromatic ring is 1. The summed E-state index contributed by atoms with van der Waals surface area (Å²) in [5, 5.41) is 0. The van der Waals surface area contributed by atoms with Crippen LogP contribution in [0.2, 0.25) is 0 Å². The van der Waals surface area contributed by atoms with E-state index < -0.39 is 0 Å². The Morgan fingerprint density at radius 2 is 2.05 bits per heavy atom. The van der Waals surface area contributed by atoms with E-state index in [4.69, 9.17) is 5.73 Å². The molecule has 2 fully saturated rings. The number of likely N-dealkylation sites (tertiary alicyclic amines) is 2. The number of rotatable bonds is 2. The SMILES string of the molecule is Nc1cc(C(=O)N2CCC(N3CCCCC3)C2)ccn1. The van der Waals surface area contributed by atoms with Gasteiger partial charge in [-0.1, -0.05) is 6.42 Å². The van der Waals surface area contributed by atoms with Crippen LogP contribution in [0.25, 0.3) is 0 Å². The fourth-order valence-corrected chi connectivity index (χ4v) is 3.27. The minimum Gasteiger partial charge on any atom is -0.384 e. The molecule has 108 valence electrons. The fourth-order valence-electron chi connectivity index (χ4n) is 3.27. The van der Waals surface area contributed by atoms with Crippen molar-refractivity contribution in [1.29, 1.82) is 0 Å². The lowest BCUT2D eigenvalue weighted by atomic mass is 10.1. The molecule has 5 heteroatoms. The summed E-state index contributed by atoms with van der Waals surface area (Å²) < 4.78 is 0. The number of pyridine rings is 1. The van der Waals surface area contributed by atoms with Crippen LogP contribution in [0.1, 0.15) is 36.0 Å². The highest BCUT2D eigenvalue weighted by Gasteiger charge is 2.31. The Balaban J connectivity index is 1.63. The van der Waals surface area contributed by atoms with Crippen molar-refractivity contribution in [2.75, 3.05) is 31.9 Å². The Morgan fingerprint density at radius 1 is 1.25 bits per heavy atom. The first kappa shape index (κ1) is 13.4. The molecule has 0 bridgehead atoms. The standard InChI is InChI=1S/C15H22N4O/c16-14-10-12(4-6-17-14)15(20)19-9-5-13(11-19)18-7-2-1-3-8-18/h4,6,10,13H,1-3,5,7-9,11H2,(H2,16,17). The van der Waals surface area contributed by atoms with Crippen LogP contribution in [-0.2, 0) is 0 Å². The highest BCUT2D eigenvalue weighted by atomic mass is 16.2. The van der Waals surface area contributed by atoms with Crippen LogP contribution in [-0.4, -0.2) is 52.9 Å². The fraction of sp³-hybridized carbons (Fsp3) is 0.600. The smallest absolute Gasteiger partial charge is 0.254 e. The zero-order valence-electron chi connectivity index (χ0n) is 11.8. The minimum absolute atomic E-state index is 0.0820. The first-order chi connectivity index (χ1) is 9.74. The summed E-state index contributed by atoms with van der Waals surface area (Å²) in [5.74, 6) is 0.487. The summed E-state index contributed by atoms with van der Waals surface area (Å²) in [6.45, 7) is 4.08. The molecular formula is C15H22N4O. The van der Waals surface area contributed by atoms with E-state index in [2.05, 4.69) is 9.88 Å². The van der Waals surface area contributed by atoms with Crippen molar-refractivity contribution in [2.24, 2.45) is 0 Å². The average Bonchev–Trinajstić information content (AvgIpc) is 2.97. The number of piperidine rings is 1. The summed E-state index contributed by atoms with van der Waals surface area (Å²) in [6, 6.07) is 3.95. The van der Waals surface area contributed by atoms with Crippen molar-refractivity contribution in [1.82, 2.24) is 14.8 Å². The van der Waals surface area contributed by atoms with Gasteiger partial charge in [-0.05, 0) is 44.5 Å². The topological polar surface area (TPSA) is 62.5 Å². The third-order valence-electron chi connectivity index (χ3n) is 4.39. The molecule has 5 nitrogen and oxygen atoms in total. The second kappa shape index (κ2) is 5.79. The Kier molecular flexibility index (Phi) is 3.87. The number of hydrogen-bond donors (Lipinski definition) is 1. The van der Waals surface area contributed by atoms with Gasteiger partial charge < -0.3 is 10.6 Å². The van der Waals surface area contributed by atoms with Crippen molar-refractivity contribution in [3.63, 3.8) is 0 Å². The monoisotopic (exact) mass is 274 g/mol. The van der Waals surface area contributed by atoms with Gasteiger partial charge in [0.25, 0.3) is 5.91 Å². The lowest BCUT2D eigenvalue weighted by Crippen LogP contribution is -2.41. The highest BCUT2D eigenvalue weighted by Crippen LogP contribution is 2.21. The number of hydrogen-bond acceptors (Lipinski definition) is 4. The minimum atomic E-state index is 0.0820. The molecule has 1 unspecified atom stereocenters. The molecule has 0 radical (unpaired) electrons. The molecule has 20 heavy (non-hydrogen) atoms. The summed E-state index contributed by atoms with van der Waals surface area (Å²) in [6.07, 6.45) is 6.63. The summed E-state index contributed by atoms with van der Waals surface area (Å²) in [7, 11) is 0. The maximum Gasteiger partial charge on any atom is 0.254 e. The molecule has 1 aromatic rings. The van der Waals surface area contributed by atoms with Gasteiger partial charge in [-0.15, -0.1) is 0 Å². The lowest BCUT2D eigenvalue weighted by Gasteiger charge is -2.32. The number of carbonyl (C=O) groups excluding carboxylic acids is 1. The molecule has 0 spiro atoms. The van der Waals surface area contributed by atoms with Gasteiger partial charge in [-0.25, -0.2) is 4.98 Å². The Labute approximate surface area is 119 Å². The maximum absolute atomic E-state index is 12.5. The third kappa shape index (κ3) is 2.77. The molecule has 3 rings (SSSR count). The van der Waals surface area contributed by atoms with Crippen LogP contribution in [0.4, 0.5) is 5.82 Å². The van der Waals surface area contributed by atoms with E-state index in [9.17, 15) is 4.79 Å². The Bertz CT molecular complexity index is 485. The van der Waals surface area contributed by atoms with Gasteiger partial charge >= 0.3 is 0 Å². The average molecular weight is 274 g/mol. The first-order valence-electron chi connectivity index (χ1n) is 7.49. The largest absolute Gasteiger partial charge is 0.384 e. The van der Waals surface area contributed by atoms with Gasteiger partial charge in [0.1, 0.15) is 5.82 Å². The Morgan fingerprint density at radius 3 is 2.80 bits per heavy atom. The van der Waals surface area contributed by atoms with Crippen LogP contribution in [0.15, 0.2) is 18.3 Å². The number of amides is 1. The predicted octanol–water partition coefficient (Wildman–Crippen LogP) is 1.36. The second-order valence-electron chi connectivity index (χ2n) is 5.76. The molecule has 2 aliphatic rings. The summed E-state index contributed by atoms with van der Waals surface area (Å²) in [4.78, 5) is 20.9.